The van der Waals surface area contributed by atoms with Crippen molar-refractivity contribution in [3.63, 3.8) is 0 Å². The molecular weight excluding hydrogens is 266 g/mol. The molecule has 0 spiro atoms. The molecule has 1 fully saturated rings. The van der Waals surface area contributed by atoms with Gasteiger partial charge in [0.25, 0.3) is 0 Å². The lowest BCUT2D eigenvalue weighted by molar-refractivity contribution is -0.120. The number of halogens is 1. The molecule has 1 aliphatic rings. The molecule has 2 rings (SSSR count). The summed E-state index contributed by atoms with van der Waals surface area (Å²) in [5, 5.41) is 3.00. The van der Waals surface area contributed by atoms with E-state index < -0.39 is 0 Å². The van der Waals surface area contributed by atoms with Gasteiger partial charge in [-0.15, -0.1) is 0 Å². The number of hydrogen-bond donors (Lipinski definition) is 1. The first-order valence-corrected chi connectivity index (χ1v) is 6.54. The lowest BCUT2D eigenvalue weighted by atomic mass is 9.85. The van der Waals surface area contributed by atoms with Gasteiger partial charge in [0.15, 0.2) is 0 Å². The molecule has 86 valence electrons. The lowest BCUT2D eigenvalue weighted by Gasteiger charge is -2.25. The molecule has 1 saturated carbocycles. The lowest BCUT2D eigenvalue weighted by Crippen LogP contribution is -2.33. The fourth-order valence-corrected chi connectivity index (χ4v) is 2.07. The van der Waals surface area contributed by atoms with Gasteiger partial charge < -0.3 is 5.32 Å². The summed E-state index contributed by atoms with van der Waals surface area (Å²) in [4.78, 5) is 11.6. The van der Waals surface area contributed by atoms with E-state index in [0.29, 0.717) is 6.42 Å². The first-order chi connectivity index (χ1) is 7.74. The fraction of sp³-hybridized carbons (Fsp3) is 0.462. The van der Waals surface area contributed by atoms with Crippen LogP contribution in [-0.4, -0.2) is 12.5 Å². The van der Waals surface area contributed by atoms with Crippen molar-refractivity contribution in [2.75, 3.05) is 6.54 Å². The van der Waals surface area contributed by atoms with Gasteiger partial charge >= 0.3 is 0 Å². The van der Waals surface area contributed by atoms with Gasteiger partial charge in [-0.05, 0) is 36.5 Å². The number of rotatable bonds is 4. The molecule has 1 amide bonds. The third-order valence-electron chi connectivity index (χ3n) is 3.09. The average molecular weight is 282 g/mol. The van der Waals surface area contributed by atoms with Crippen LogP contribution in [0.2, 0.25) is 0 Å². The number of carbonyl (C=O) groups excluding carboxylic acids is 1. The van der Waals surface area contributed by atoms with Crippen molar-refractivity contribution in [3.8, 4) is 0 Å². The van der Waals surface area contributed by atoms with E-state index in [0.717, 1.165) is 22.5 Å². The maximum atomic E-state index is 11.6. The summed E-state index contributed by atoms with van der Waals surface area (Å²) in [5.74, 6) is 0.864. The number of amides is 1. The highest BCUT2D eigenvalue weighted by Gasteiger charge is 2.17. The van der Waals surface area contributed by atoms with E-state index in [-0.39, 0.29) is 5.91 Å². The van der Waals surface area contributed by atoms with Gasteiger partial charge in [0.05, 0.1) is 6.42 Å². The van der Waals surface area contributed by atoms with Gasteiger partial charge in [-0.1, -0.05) is 34.5 Å². The Bertz CT molecular complexity index is 357. The zero-order valence-electron chi connectivity index (χ0n) is 9.21. The van der Waals surface area contributed by atoms with Gasteiger partial charge in [-0.3, -0.25) is 4.79 Å². The van der Waals surface area contributed by atoms with E-state index in [1.807, 2.05) is 24.3 Å². The first kappa shape index (κ1) is 11.6. The largest absolute Gasteiger partial charge is 0.356 e. The molecule has 3 heteroatoms. The smallest absolute Gasteiger partial charge is 0.224 e. The molecule has 0 aromatic heterocycles. The summed E-state index contributed by atoms with van der Waals surface area (Å²) >= 11 is 3.38. The number of carbonyl (C=O) groups is 1. The van der Waals surface area contributed by atoms with Crippen molar-refractivity contribution in [1.82, 2.24) is 5.32 Å². The van der Waals surface area contributed by atoms with Crippen LogP contribution < -0.4 is 5.32 Å². The number of nitrogens with one attached hydrogen (secondary N) is 1. The second kappa shape index (κ2) is 5.48. The molecule has 0 saturated heterocycles. The van der Waals surface area contributed by atoms with Crippen molar-refractivity contribution >= 4 is 21.8 Å². The van der Waals surface area contributed by atoms with Crippen molar-refractivity contribution in [2.24, 2.45) is 5.92 Å². The highest BCUT2D eigenvalue weighted by molar-refractivity contribution is 9.10. The SMILES string of the molecule is O=C(Cc1ccc(Br)cc1)NCC1CCC1. The minimum atomic E-state index is 0.134. The third-order valence-corrected chi connectivity index (χ3v) is 3.62. The van der Waals surface area contributed by atoms with Crippen LogP contribution >= 0.6 is 15.9 Å². The van der Waals surface area contributed by atoms with E-state index in [9.17, 15) is 4.79 Å². The summed E-state index contributed by atoms with van der Waals surface area (Å²) < 4.78 is 1.05. The summed E-state index contributed by atoms with van der Waals surface area (Å²) in [6.45, 7) is 0.857. The van der Waals surface area contributed by atoms with Crippen LogP contribution in [0.1, 0.15) is 24.8 Å². The first-order valence-electron chi connectivity index (χ1n) is 5.75. The molecular formula is C13H16BrNO. The molecule has 2 nitrogen and oxygen atoms in total. The summed E-state index contributed by atoms with van der Waals surface area (Å²) in [7, 11) is 0. The number of benzene rings is 1. The van der Waals surface area contributed by atoms with Crippen LogP contribution in [0.25, 0.3) is 0 Å². The van der Waals surface area contributed by atoms with E-state index in [1.54, 1.807) is 0 Å². The summed E-state index contributed by atoms with van der Waals surface area (Å²) in [6, 6.07) is 7.89. The van der Waals surface area contributed by atoms with Crippen molar-refractivity contribution < 1.29 is 4.79 Å². The standard InChI is InChI=1S/C13H16BrNO/c14-12-6-4-10(5-7-12)8-13(16)15-9-11-2-1-3-11/h4-7,11H,1-3,8-9H2,(H,15,16). The van der Waals surface area contributed by atoms with Crippen LogP contribution in [0.15, 0.2) is 28.7 Å². The quantitative estimate of drug-likeness (QED) is 0.904. The molecule has 1 aromatic rings. The Kier molecular flexibility index (Phi) is 3.99. The summed E-state index contributed by atoms with van der Waals surface area (Å²) in [6.07, 6.45) is 4.37. The molecule has 0 radical (unpaired) electrons. The van der Waals surface area contributed by atoms with Gasteiger partial charge in [0.1, 0.15) is 0 Å². The van der Waals surface area contributed by atoms with E-state index >= 15 is 0 Å². The highest BCUT2D eigenvalue weighted by Crippen LogP contribution is 2.25. The van der Waals surface area contributed by atoms with Gasteiger partial charge in [0.2, 0.25) is 5.91 Å². The molecule has 0 bridgehead atoms. The number of hydrogen-bond acceptors (Lipinski definition) is 1. The minimum absolute atomic E-state index is 0.134. The van der Waals surface area contributed by atoms with Gasteiger partial charge in [-0.25, -0.2) is 0 Å². The van der Waals surface area contributed by atoms with Crippen molar-refractivity contribution in [1.29, 1.82) is 0 Å². The van der Waals surface area contributed by atoms with Gasteiger partial charge in [-0.2, -0.15) is 0 Å². The van der Waals surface area contributed by atoms with Crippen molar-refractivity contribution in [3.05, 3.63) is 34.3 Å². The average Bonchev–Trinajstić information content (AvgIpc) is 2.19. The molecule has 16 heavy (non-hydrogen) atoms. The molecule has 0 atom stereocenters. The predicted molar refractivity (Wildman–Crippen MR) is 68.2 cm³/mol. The molecule has 1 aromatic carbocycles. The molecule has 0 aliphatic heterocycles. The molecule has 1 aliphatic carbocycles. The Morgan fingerprint density at radius 1 is 1.31 bits per heavy atom. The second-order valence-corrected chi connectivity index (χ2v) is 5.32. The molecule has 1 N–H and O–H groups in total. The van der Waals surface area contributed by atoms with Crippen LogP contribution in [0.4, 0.5) is 0 Å². The van der Waals surface area contributed by atoms with E-state index in [4.69, 9.17) is 0 Å². The zero-order valence-corrected chi connectivity index (χ0v) is 10.8. The summed E-state index contributed by atoms with van der Waals surface area (Å²) in [5.41, 5.74) is 1.06. The van der Waals surface area contributed by atoms with Gasteiger partial charge in [0, 0.05) is 11.0 Å². The second-order valence-electron chi connectivity index (χ2n) is 4.40. The predicted octanol–water partition coefficient (Wildman–Crippen LogP) is 2.91. The Balaban J connectivity index is 1.75. The minimum Gasteiger partial charge on any atom is -0.356 e. The third kappa shape index (κ3) is 3.34. The maximum absolute atomic E-state index is 11.6. The molecule has 0 heterocycles. The van der Waals surface area contributed by atoms with Crippen LogP contribution in [0, 0.1) is 5.92 Å². The monoisotopic (exact) mass is 281 g/mol. The fourth-order valence-electron chi connectivity index (χ4n) is 1.81. The Hall–Kier alpha value is -0.830. The normalized spacial score (nSPS) is 15.6. The van der Waals surface area contributed by atoms with Crippen LogP contribution in [-0.2, 0) is 11.2 Å². The van der Waals surface area contributed by atoms with E-state index in [1.165, 1.54) is 19.3 Å². The Labute approximate surface area is 105 Å². The Morgan fingerprint density at radius 2 is 2.00 bits per heavy atom. The molecule has 0 unspecified atom stereocenters. The topological polar surface area (TPSA) is 29.1 Å². The maximum Gasteiger partial charge on any atom is 0.224 e. The highest BCUT2D eigenvalue weighted by atomic mass is 79.9. The van der Waals surface area contributed by atoms with E-state index in [2.05, 4.69) is 21.2 Å². The Morgan fingerprint density at radius 3 is 2.56 bits per heavy atom. The van der Waals surface area contributed by atoms with Crippen LogP contribution in [0.5, 0.6) is 0 Å². The van der Waals surface area contributed by atoms with Crippen molar-refractivity contribution in [2.45, 2.75) is 25.7 Å². The zero-order chi connectivity index (χ0) is 11.4. The van der Waals surface area contributed by atoms with Crippen LogP contribution in [0.3, 0.4) is 0 Å².